The van der Waals surface area contributed by atoms with Gasteiger partial charge in [-0.3, -0.25) is 4.46 Å². The first-order chi connectivity index (χ1) is 2.73. The summed E-state index contributed by atoms with van der Waals surface area (Å²) in [6, 6.07) is 0. The van der Waals surface area contributed by atoms with Crippen LogP contribution in [-0.4, -0.2) is 18.8 Å². The van der Waals surface area contributed by atoms with E-state index in [0.717, 1.165) is 0 Å². The van der Waals surface area contributed by atoms with Crippen molar-refractivity contribution in [3.63, 3.8) is 0 Å². The molecule has 0 aromatic heterocycles. The number of hydrogen-bond acceptors (Lipinski definition) is 2. The third-order valence-corrected chi connectivity index (χ3v) is 0. The van der Waals surface area contributed by atoms with Gasteiger partial charge < -0.3 is 11.0 Å². The molecule has 0 unspecified atom stereocenters. The van der Waals surface area contributed by atoms with Gasteiger partial charge in [-0.05, 0) is 0 Å². The van der Waals surface area contributed by atoms with E-state index in [4.69, 9.17) is 19.3 Å². The van der Waals surface area contributed by atoms with Crippen LogP contribution in [0.3, 0.4) is 0 Å². The number of hydrogen-bond donors (Lipinski definition) is 2. The molecule has 7 heavy (non-hydrogen) atoms. The summed E-state index contributed by atoms with van der Waals surface area (Å²) in [5.41, 5.74) is 0. The van der Waals surface area contributed by atoms with Crippen LogP contribution in [0.25, 0.3) is 0 Å². The summed E-state index contributed by atoms with van der Waals surface area (Å²) in [5, 5.41) is 6.50. The molecule has 0 saturated heterocycles. The van der Waals surface area contributed by atoms with Gasteiger partial charge >= 0.3 is 38.7 Å². The Hall–Kier alpha value is 0.107. The van der Waals surface area contributed by atoms with Crippen molar-refractivity contribution in [1.29, 1.82) is 5.26 Å². The second kappa shape index (κ2) is 16.5. The molecular weight excluding hydrogens is 125 g/mol. The molecule has 0 saturated carbocycles. The third-order valence-electron chi connectivity index (χ3n) is 0. The molecule has 36 valence electrons. The van der Waals surface area contributed by atoms with Crippen LogP contribution in [0.15, 0.2) is 0 Å². The van der Waals surface area contributed by atoms with Crippen molar-refractivity contribution in [3.05, 3.63) is 0 Å². The second-order valence-corrected chi connectivity index (χ2v) is 0.848. The molecule has 6 heteroatoms. The molecule has 0 atom stereocenters. The maximum atomic E-state index is 8.74. The van der Waals surface area contributed by atoms with E-state index in [1.54, 1.807) is 0 Å². The number of nitriles is 1. The quantitative estimate of drug-likeness (QED) is 0.324. The van der Waals surface area contributed by atoms with Crippen molar-refractivity contribution in [2.75, 3.05) is 0 Å². The summed E-state index contributed by atoms with van der Waals surface area (Å²) in [7, 11) is -3.13. The average molecular weight is 129 g/mol. The van der Waals surface area contributed by atoms with Crippen molar-refractivity contribution >= 4 is 9.17 Å². The molecule has 0 rings (SSSR count). The van der Waals surface area contributed by atoms with Crippen LogP contribution in [0, 0.1) is 11.8 Å². The number of nitrogens with zero attached hydrogens (tertiary/aromatic N) is 1. The molecule has 0 aliphatic carbocycles. The topological polar surface area (TPSA) is 81.3 Å². The predicted octanol–water partition coefficient (Wildman–Crippen LogP) is -4.36. The minimum atomic E-state index is -3.13. The van der Waals surface area contributed by atoms with Crippen LogP contribution >= 0.6 is 0 Å². The molecule has 0 heterocycles. The molecule has 0 bridgehead atoms. The zero-order valence-corrected chi connectivity index (χ0v) is 6.83. The van der Waals surface area contributed by atoms with Crippen molar-refractivity contribution in [3.8, 4) is 6.57 Å². The molecule has 2 N–H and O–H groups in total. The Kier molecular flexibility index (Phi) is 37.0. The largest absolute Gasteiger partial charge is 1.00 e. The summed E-state index contributed by atoms with van der Waals surface area (Å²) in [6.45, 7) is 3.50. The second-order valence-electron chi connectivity index (χ2n) is 0.283. The normalized spacial score (nSPS) is 3.71. The van der Waals surface area contributed by atoms with Crippen molar-refractivity contribution < 1.29 is 45.0 Å². The smallest absolute Gasteiger partial charge is 1.00 e. The van der Waals surface area contributed by atoms with Gasteiger partial charge in [-0.2, -0.15) is 0 Å². The van der Waals surface area contributed by atoms with E-state index in [2.05, 4.69) is 6.57 Å². The monoisotopic (exact) mass is 129 g/mol. The Balaban J connectivity index is -0.0000000183. The summed E-state index contributed by atoms with van der Waals surface area (Å²) in [4.78, 5) is 14.3. The maximum Gasteiger partial charge on any atom is 1.00 e. The summed E-state index contributed by atoms with van der Waals surface area (Å²) >= 11 is 0. The molecular formula is CH4NNaO3Si. The van der Waals surface area contributed by atoms with E-state index < -0.39 is 9.17 Å². The van der Waals surface area contributed by atoms with Gasteiger partial charge in [0, 0.05) is 6.57 Å². The van der Waals surface area contributed by atoms with Crippen LogP contribution in [0.4, 0.5) is 0 Å². The fraction of sp³-hybridized carbons (Fsp3) is 0. The van der Waals surface area contributed by atoms with Gasteiger partial charge in [-0.1, -0.05) is 0 Å². The third kappa shape index (κ3) is 9020. The van der Waals surface area contributed by atoms with Gasteiger partial charge in [0.05, 0.1) is 0 Å². The molecule has 0 aliphatic rings. The van der Waals surface area contributed by atoms with Crippen molar-refractivity contribution in [1.82, 2.24) is 0 Å². The van der Waals surface area contributed by atoms with Gasteiger partial charge in [0.25, 0.3) is 0 Å². The maximum absolute atomic E-state index is 8.74. The minimum Gasteiger partial charge on any atom is -1.00 e. The zero-order chi connectivity index (χ0) is 5.58. The summed E-state index contributed by atoms with van der Waals surface area (Å²) < 4.78 is 8.74. The summed E-state index contributed by atoms with van der Waals surface area (Å²) in [6.07, 6.45) is 0. The Bertz CT molecular complexity index is 63.5. The van der Waals surface area contributed by atoms with E-state index in [1.165, 1.54) is 0 Å². The Morgan fingerprint density at radius 1 is 1.57 bits per heavy atom. The SMILES string of the molecule is C#N.O=[Si](O)O.[H-].[Na+]. The fourth-order valence-electron chi connectivity index (χ4n) is 0. The van der Waals surface area contributed by atoms with E-state index >= 15 is 0 Å². The van der Waals surface area contributed by atoms with Gasteiger partial charge in [-0.15, -0.1) is 0 Å². The Morgan fingerprint density at radius 2 is 1.57 bits per heavy atom. The first kappa shape index (κ1) is 15.7. The van der Waals surface area contributed by atoms with E-state index in [0.29, 0.717) is 0 Å². The fourth-order valence-corrected chi connectivity index (χ4v) is 0. The van der Waals surface area contributed by atoms with Crippen molar-refractivity contribution in [2.24, 2.45) is 0 Å². The van der Waals surface area contributed by atoms with Crippen molar-refractivity contribution in [2.45, 2.75) is 0 Å². The van der Waals surface area contributed by atoms with Crippen LogP contribution in [0.5, 0.6) is 0 Å². The van der Waals surface area contributed by atoms with Gasteiger partial charge in [-0.25, -0.2) is 5.26 Å². The molecule has 0 fully saturated rings. The van der Waals surface area contributed by atoms with Crippen LogP contribution in [0.2, 0.25) is 0 Å². The molecule has 4 nitrogen and oxygen atoms in total. The molecule has 0 amide bonds. The van der Waals surface area contributed by atoms with Gasteiger partial charge in [0.15, 0.2) is 0 Å². The molecule has 0 radical (unpaired) electrons. The number of rotatable bonds is 0. The van der Waals surface area contributed by atoms with Crippen LogP contribution < -0.4 is 29.6 Å². The van der Waals surface area contributed by atoms with Gasteiger partial charge in [0.1, 0.15) is 0 Å². The minimum absolute atomic E-state index is 0. The first-order valence-electron chi connectivity index (χ1n) is 0.910. The molecule has 0 aromatic carbocycles. The van der Waals surface area contributed by atoms with Crippen LogP contribution in [0.1, 0.15) is 1.43 Å². The zero-order valence-electron chi connectivity index (χ0n) is 4.83. The molecule has 0 aromatic rings. The Morgan fingerprint density at radius 3 is 1.57 bits per heavy atom. The van der Waals surface area contributed by atoms with E-state index in [1.807, 2.05) is 0 Å². The first-order valence-corrected chi connectivity index (χ1v) is 2.21. The van der Waals surface area contributed by atoms with Gasteiger partial charge in [0.2, 0.25) is 0 Å². The average Bonchev–Trinajstić information content (AvgIpc) is 1.41. The molecule has 0 aliphatic heterocycles. The standard InChI is InChI=1S/CHN.Na.H2O3Si.H/c1-2;;1-4(2)3;/h1H;;1-2H;/q;+1;;-1. The van der Waals surface area contributed by atoms with E-state index in [-0.39, 0.29) is 31.0 Å². The van der Waals surface area contributed by atoms with Crippen LogP contribution in [-0.2, 0) is 4.46 Å². The summed E-state index contributed by atoms with van der Waals surface area (Å²) in [5.74, 6) is 0. The molecule has 0 spiro atoms. The predicted molar refractivity (Wildman–Crippen MR) is 18.7 cm³/mol. The Labute approximate surface area is 66.1 Å². The van der Waals surface area contributed by atoms with E-state index in [9.17, 15) is 0 Å².